The van der Waals surface area contributed by atoms with Crippen LogP contribution in [0.4, 0.5) is 0 Å². The molecule has 0 spiro atoms. The van der Waals surface area contributed by atoms with Crippen LogP contribution in [0.3, 0.4) is 0 Å². The van der Waals surface area contributed by atoms with Gasteiger partial charge in [-0.2, -0.15) is 0 Å². The summed E-state index contributed by atoms with van der Waals surface area (Å²) in [4.78, 5) is 17.3. The average Bonchev–Trinajstić information content (AvgIpc) is 3.28. The van der Waals surface area contributed by atoms with Crippen molar-refractivity contribution in [3.8, 4) is 0 Å². The molecule has 3 rings (SSSR count). The molecule has 0 aromatic carbocycles. The first kappa shape index (κ1) is 16.2. The van der Waals surface area contributed by atoms with Crippen molar-refractivity contribution in [3.63, 3.8) is 0 Å². The number of likely N-dealkylation sites (N-methyl/N-ethyl adjacent to an activating group) is 1. The van der Waals surface area contributed by atoms with Crippen molar-refractivity contribution in [1.29, 1.82) is 0 Å². The van der Waals surface area contributed by atoms with Gasteiger partial charge in [-0.15, -0.1) is 0 Å². The van der Waals surface area contributed by atoms with Crippen molar-refractivity contribution >= 4 is 5.91 Å². The Bertz CT molecular complexity index is 381. The van der Waals surface area contributed by atoms with Gasteiger partial charge < -0.3 is 20.2 Å². The quantitative estimate of drug-likeness (QED) is 0.784. The Morgan fingerprint density at radius 2 is 1.77 bits per heavy atom. The fraction of sp³-hybridized carbons (Fsp3) is 0.941. The van der Waals surface area contributed by atoms with Crippen molar-refractivity contribution in [3.05, 3.63) is 0 Å². The molecule has 0 unspecified atom stereocenters. The van der Waals surface area contributed by atoms with Crippen LogP contribution in [0.2, 0.25) is 0 Å². The number of carbonyl (C=O) groups excluding carboxylic acids is 1. The van der Waals surface area contributed by atoms with E-state index in [9.17, 15) is 9.90 Å². The molecular formula is C17H31N3O2. The second kappa shape index (κ2) is 6.85. The lowest BCUT2D eigenvalue weighted by atomic mass is 9.87. The number of rotatable bonds is 5. The predicted octanol–water partition coefficient (Wildman–Crippen LogP) is 0.681. The number of aliphatic hydroxyl groups excluding tert-OH is 1. The number of nitrogens with zero attached hydrogens (tertiary/aromatic N) is 2. The smallest absolute Gasteiger partial charge is 0.223 e. The Balaban J connectivity index is 1.40. The maximum absolute atomic E-state index is 12.3. The van der Waals surface area contributed by atoms with E-state index in [1.807, 2.05) is 0 Å². The molecule has 2 saturated carbocycles. The first-order valence-electron chi connectivity index (χ1n) is 8.93. The molecule has 2 N–H and O–H groups in total. The zero-order chi connectivity index (χ0) is 15.6. The van der Waals surface area contributed by atoms with Crippen LogP contribution in [-0.2, 0) is 4.79 Å². The SMILES string of the molecule is CN1CCN(CC2(CNC(=O)C3CCC(O)CC3)CC2)CC1. The van der Waals surface area contributed by atoms with Crippen molar-refractivity contribution in [2.24, 2.45) is 11.3 Å². The highest BCUT2D eigenvalue weighted by Gasteiger charge is 2.44. The van der Waals surface area contributed by atoms with E-state index in [0.29, 0.717) is 5.41 Å². The van der Waals surface area contributed by atoms with Crippen LogP contribution in [-0.4, -0.2) is 73.2 Å². The predicted molar refractivity (Wildman–Crippen MR) is 86.6 cm³/mol. The summed E-state index contributed by atoms with van der Waals surface area (Å²) in [5.41, 5.74) is 0.347. The molecule has 1 aliphatic heterocycles. The lowest BCUT2D eigenvalue weighted by molar-refractivity contribution is -0.126. The summed E-state index contributed by atoms with van der Waals surface area (Å²) < 4.78 is 0. The number of nitrogens with one attached hydrogen (secondary N) is 1. The Labute approximate surface area is 134 Å². The Hall–Kier alpha value is -0.650. The summed E-state index contributed by atoms with van der Waals surface area (Å²) in [5.74, 6) is 0.347. The number of amides is 1. The molecule has 2 aliphatic carbocycles. The summed E-state index contributed by atoms with van der Waals surface area (Å²) in [6.45, 7) is 6.63. The van der Waals surface area contributed by atoms with E-state index >= 15 is 0 Å². The number of hydrogen-bond acceptors (Lipinski definition) is 4. The van der Waals surface area contributed by atoms with Gasteiger partial charge in [0.2, 0.25) is 5.91 Å². The fourth-order valence-electron chi connectivity index (χ4n) is 3.80. The standard InChI is InChI=1S/C17H31N3O2/c1-19-8-10-20(11-9-19)13-17(6-7-17)12-18-16(22)14-2-4-15(21)5-3-14/h14-15,21H,2-13H2,1H3,(H,18,22). The van der Waals surface area contributed by atoms with Crippen LogP contribution in [0, 0.1) is 11.3 Å². The monoisotopic (exact) mass is 309 g/mol. The molecule has 5 nitrogen and oxygen atoms in total. The highest BCUT2D eigenvalue weighted by atomic mass is 16.3. The molecule has 22 heavy (non-hydrogen) atoms. The average molecular weight is 309 g/mol. The van der Waals surface area contributed by atoms with E-state index in [-0.39, 0.29) is 17.9 Å². The van der Waals surface area contributed by atoms with Crippen LogP contribution < -0.4 is 5.32 Å². The van der Waals surface area contributed by atoms with Gasteiger partial charge in [-0.3, -0.25) is 4.79 Å². The summed E-state index contributed by atoms with van der Waals surface area (Å²) in [5, 5.41) is 12.7. The van der Waals surface area contributed by atoms with E-state index in [2.05, 4.69) is 22.2 Å². The molecule has 0 radical (unpaired) electrons. The maximum Gasteiger partial charge on any atom is 0.223 e. The van der Waals surface area contributed by atoms with Gasteiger partial charge in [-0.05, 0) is 45.6 Å². The second-order valence-corrected chi connectivity index (χ2v) is 7.80. The van der Waals surface area contributed by atoms with Gasteiger partial charge in [0.15, 0.2) is 0 Å². The van der Waals surface area contributed by atoms with Crippen LogP contribution in [0.1, 0.15) is 38.5 Å². The summed E-state index contributed by atoms with van der Waals surface area (Å²) in [7, 11) is 2.19. The first-order chi connectivity index (χ1) is 10.6. The maximum atomic E-state index is 12.3. The van der Waals surface area contributed by atoms with E-state index in [0.717, 1.165) is 65.0 Å². The second-order valence-electron chi connectivity index (χ2n) is 7.80. The third kappa shape index (κ3) is 4.21. The van der Waals surface area contributed by atoms with Gasteiger partial charge in [-0.25, -0.2) is 0 Å². The van der Waals surface area contributed by atoms with Crippen molar-refractivity contribution in [2.45, 2.75) is 44.6 Å². The fourth-order valence-corrected chi connectivity index (χ4v) is 3.80. The van der Waals surface area contributed by atoms with E-state index < -0.39 is 0 Å². The van der Waals surface area contributed by atoms with Crippen LogP contribution in [0.5, 0.6) is 0 Å². The lowest BCUT2D eigenvalue weighted by Gasteiger charge is -2.35. The Morgan fingerprint density at radius 3 is 2.36 bits per heavy atom. The molecule has 0 atom stereocenters. The molecule has 126 valence electrons. The van der Waals surface area contributed by atoms with Gasteiger partial charge in [0.1, 0.15) is 0 Å². The molecule has 1 saturated heterocycles. The van der Waals surface area contributed by atoms with Crippen LogP contribution >= 0.6 is 0 Å². The van der Waals surface area contributed by atoms with E-state index in [4.69, 9.17) is 0 Å². The Kier molecular flexibility index (Phi) is 5.05. The molecular weight excluding hydrogens is 278 g/mol. The Morgan fingerprint density at radius 1 is 1.14 bits per heavy atom. The third-order valence-electron chi connectivity index (χ3n) is 5.82. The minimum Gasteiger partial charge on any atom is -0.393 e. The topological polar surface area (TPSA) is 55.8 Å². The van der Waals surface area contributed by atoms with Crippen molar-refractivity contribution in [1.82, 2.24) is 15.1 Å². The normalized spacial score (nSPS) is 32.6. The molecule has 0 aromatic rings. The molecule has 0 aromatic heterocycles. The molecule has 3 fully saturated rings. The molecule has 0 bridgehead atoms. The van der Waals surface area contributed by atoms with E-state index in [1.54, 1.807) is 0 Å². The zero-order valence-corrected chi connectivity index (χ0v) is 13.9. The van der Waals surface area contributed by atoms with Gasteiger partial charge >= 0.3 is 0 Å². The summed E-state index contributed by atoms with van der Waals surface area (Å²) >= 11 is 0. The van der Waals surface area contributed by atoms with Gasteiger partial charge in [0.05, 0.1) is 6.10 Å². The highest BCUT2D eigenvalue weighted by molar-refractivity contribution is 5.78. The van der Waals surface area contributed by atoms with E-state index in [1.165, 1.54) is 12.8 Å². The molecule has 1 heterocycles. The zero-order valence-electron chi connectivity index (χ0n) is 13.9. The largest absolute Gasteiger partial charge is 0.393 e. The first-order valence-corrected chi connectivity index (χ1v) is 8.93. The van der Waals surface area contributed by atoms with Gasteiger partial charge in [0.25, 0.3) is 0 Å². The van der Waals surface area contributed by atoms with Crippen molar-refractivity contribution < 1.29 is 9.90 Å². The van der Waals surface area contributed by atoms with Gasteiger partial charge in [-0.1, -0.05) is 0 Å². The number of piperazine rings is 1. The summed E-state index contributed by atoms with van der Waals surface area (Å²) in [6, 6.07) is 0. The molecule has 5 heteroatoms. The lowest BCUT2D eigenvalue weighted by Crippen LogP contribution is -2.48. The molecule has 1 amide bonds. The highest BCUT2D eigenvalue weighted by Crippen LogP contribution is 2.45. The number of carbonyl (C=O) groups is 1. The van der Waals surface area contributed by atoms with Crippen LogP contribution in [0.25, 0.3) is 0 Å². The van der Waals surface area contributed by atoms with Crippen molar-refractivity contribution in [2.75, 3.05) is 46.3 Å². The summed E-state index contributed by atoms with van der Waals surface area (Å²) in [6.07, 6.45) is 5.58. The third-order valence-corrected chi connectivity index (χ3v) is 5.82. The minimum atomic E-state index is -0.184. The van der Waals surface area contributed by atoms with Crippen LogP contribution in [0.15, 0.2) is 0 Å². The molecule has 3 aliphatic rings. The minimum absolute atomic E-state index is 0.128. The number of hydrogen-bond donors (Lipinski definition) is 2. The van der Waals surface area contributed by atoms with Gasteiger partial charge in [0, 0.05) is 50.6 Å². The number of aliphatic hydroxyl groups is 1.